The molecule has 1 aliphatic heterocycles. The Kier molecular flexibility index (Phi) is 5.35. The van der Waals surface area contributed by atoms with Gasteiger partial charge in [0.1, 0.15) is 0 Å². The van der Waals surface area contributed by atoms with Gasteiger partial charge in [0, 0.05) is 37.3 Å². The molecule has 0 radical (unpaired) electrons. The lowest BCUT2D eigenvalue weighted by atomic mass is 9.96. The van der Waals surface area contributed by atoms with Crippen molar-refractivity contribution in [1.82, 2.24) is 10.2 Å². The van der Waals surface area contributed by atoms with Crippen molar-refractivity contribution in [3.63, 3.8) is 0 Å². The van der Waals surface area contributed by atoms with Gasteiger partial charge >= 0.3 is 0 Å². The van der Waals surface area contributed by atoms with Gasteiger partial charge in [-0.05, 0) is 43.2 Å². The van der Waals surface area contributed by atoms with E-state index in [9.17, 15) is 4.79 Å². The Morgan fingerprint density at radius 1 is 0.963 bits per heavy atom. The molecule has 27 heavy (non-hydrogen) atoms. The van der Waals surface area contributed by atoms with Crippen molar-refractivity contribution in [2.75, 3.05) is 41.3 Å². The quantitative estimate of drug-likeness (QED) is 0.901. The number of nitrogens with zero attached hydrogens (tertiary/aromatic N) is 4. The number of carbonyl (C=O) groups excluding carboxylic acids is 1. The van der Waals surface area contributed by atoms with Gasteiger partial charge < -0.3 is 15.1 Å². The van der Waals surface area contributed by atoms with E-state index in [1.165, 1.54) is 16.8 Å². The Bertz CT molecular complexity index is 802. The first-order chi connectivity index (χ1) is 12.8. The van der Waals surface area contributed by atoms with Gasteiger partial charge in [0.2, 0.25) is 5.91 Å². The summed E-state index contributed by atoms with van der Waals surface area (Å²) in [4.78, 5) is 16.7. The standard InChI is InChI=1S/C21H29N5O/c1-15-7-6-8-17(16(15)2)25-11-13-26(14-12-25)19-10-9-18(23-24-19)22-20(27)21(3,4)5/h6-10H,11-14H2,1-5H3,(H,22,23,27). The van der Waals surface area contributed by atoms with Crippen LogP contribution >= 0.6 is 0 Å². The van der Waals surface area contributed by atoms with Crippen LogP contribution in [0.25, 0.3) is 0 Å². The number of hydrogen-bond donors (Lipinski definition) is 1. The molecule has 2 aromatic rings. The van der Waals surface area contributed by atoms with Crippen LogP contribution in [0, 0.1) is 19.3 Å². The maximum absolute atomic E-state index is 12.0. The summed E-state index contributed by atoms with van der Waals surface area (Å²) < 4.78 is 0. The van der Waals surface area contributed by atoms with E-state index in [-0.39, 0.29) is 5.91 Å². The summed E-state index contributed by atoms with van der Waals surface area (Å²) in [6.45, 7) is 13.7. The Morgan fingerprint density at radius 2 is 1.63 bits per heavy atom. The molecule has 1 amide bonds. The Labute approximate surface area is 161 Å². The monoisotopic (exact) mass is 367 g/mol. The van der Waals surface area contributed by atoms with Crippen LogP contribution in [-0.2, 0) is 4.79 Å². The molecule has 144 valence electrons. The van der Waals surface area contributed by atoms with E-state index in [1.807, 2.05) is 32.9 Å². The summed E-state index contributed by atoms with van der Waals surface area (Å²) in [5.74, 6) is 1.28. The summed E-state index contributed by atoms with van der Waals surface area (Å²) in [6.07, 6.45) is 0. The molecule has 1 N–H and O–H groups in total. The average Bonchev–Trinajstić information content (AvgIpc) is 2.64. The zero-order valence-corrected chi connectivity index (χ0v) is 16.9. The highest BCUT2D eigenvalue weighted by atomic mass is 16.2. The van der Waals surface area contributed by atoms with E-state index < -0.39 is 5.41 Å². The third kappa shape index (κ3) is 4.38. The van der Waals surface area contributed by atoms with Gasteiger partial charge in [-0.2, -0.15) is 0 Å². The number of nitrogens with one attached hydrogen (secondary N) is 1. The molecule has 6 nitrogen and oxygen atoms in total. The molecule has 0 atom stereocenters. The van der Waals surface area contributed by atoms with Gasteiger partial charge in [-0.3, -0.25) is 4.79 Å². The number of rotatable bonds is 3. The van der Waals surface area contributed by atoms with Crippen LogP contribution in [0.4, 0.5) is 17.3 Å². The number of aromatic nitrogens is 2. The van der Waals surface area contributed by atoms with Gasteiger partial charge in [0.15, 0.2) is 11.6 Å². The Balaban J connectivity index is 1.61. The Morgan fingerprint density at radius 3 is 2.22 bits per heavy atom. The van der Waals surface area contributed by atoms with Crippen LogP contribution in [0.5, 0.6) is 0 Å². The summed E-state index contributed by atoms with van der Waals surface area (Å²) >= 11 is 0. The average molecular weight is 367 g/mol. The molecule has 1 saturated heterocycles. The van der Waals surface area contributed by atoms with Crippen LogP contribution in [0.15, 0.2) is 30.3 Å². The van der Waals surface area contributed by atoms with Crippen LogP contribution in [-0.4, -0.2) is 42.3 Å². The van der Waals surface area contributed by atoms with Crippen molar-refractivity contribution in [3.8, 4) is 0 Å². The van der Waals surface area contributed by atoms with Crippen molar-refractivity contribution >= 4 is 23.2 Å². The summed E-state index contributed by atoms with van der Waals surface area (Å²) in [5.41, 5.74) is 3.55. The molecular formula is C21H29N5O. The first-order valence-corrected chi connectivity index (χ1v) is 9.47. The van der Waals surface area contributed by atoms with E-state index in [0.29, 0.717) is 5.82 Å². The molecule has 1 aromatic carbocycles. The minimum absolute atomic E-state index is 0.0633. The van der Waals surface area contributed by atoms with E-state index in [2.05, 4.69) is 57.4 Å². The van der Waals surface area contributed by atoms with Gasteiger partial charge in [0.05, 0.1) is 0 Å². The third-order valence-electron chi connectivity index (χ3n) is 5.09. The maximum Gasteiger partial charge on any atom is 0.230 e. The fourth-order valence-corrected chi connectivity index (χ4v) is 3.12. The molecule has 3 rings (SSSR count). The van der Waals surface area contributed by atoms with Crippen LogP contribution in [0.2, 0.25) is 0 Å². The second-order valence-electron chi connectivity index (χ2n) is 8.17. The van der Waals surface area contributed by atoms with Gasteiger partial charge in [-0.1, -0.05) is 32.9 Å². The second kappa shape index (κ2) is 7.55. The lowest BCUT2D eigenvalue weighted by Crippen LogP contribution is -2.47. The molecule has 0 bridgehead atoms. The molecule has 0 saturated carbocycles. The second-order valence-corrected chi connectivity index (χ2v) is 8.17. The number of benzene rings is 1. The van der Waals surface area contributed by atoms with Crippen LogP contribution < -0.4 is 15.1 Å². The smallest absolute Gasteiger partial charge is 0.230 e. The topological polar surface area (TPSA) is 61.4 Å². The maximum atomic E-state index is 12.0. The van der Waals surface area contributed by atoms with E-state index in [0.717, 1.165) is 32.0 Å². The van der Waals surface area contributed by atoms with Crippen molar-refractivity contribution < 1.29 is 4.79 Å². The van der Waals surface area contributed by atoms with E-state index in [4.69, 9.17) is 0 Å². The van der Waals surface area contributed by atoms with Gasteiger partial charge in [-0.25, -0.2) is 0 Å². The van der Waals surface area contributed by atoms with Gasteiger partial charge in [-0.15, -0.1) is 10.2 Å². The SMILES string of the molecule is Cc1cccc(N2CCN(c3ccc(NC(=O)C(C)(C)C)nn3)CC2)c1C. The van der Waals surface area contributed by atoms with Crippen LogP contribution in [0.1, 0.15) is 31.9 Å². The molecular weight excluding hydrogens is 338 g/mol. The summed E-state index contributed by atoms with van der Waals surface area (Å²) in [7, 11) is 0. The highest BCUT2D eigenvalue weighted by Gasteiger charge is 2.23. The largest absolute Gasteiger partial charge is 0.368 e. The molecule has 6 heteroatoms. The number of carbonyl (C=O) groups is 1. The van der Waals surface area contributed by atoms with Crippen molar-refractivity contribution in [3.05, 3.63) is 41.5 Å². The molecule has 1 aliphatic rings. The van der Waals surface area contributed by atoms with E-state index >= 15 is 0 Å². The molecule has 0 aliphatic carbocycles. The summed E-state index contributed by atoms with van der Waals surface area (Å²) in [6, 6.07) is 10.2. The third-order valence-corrected chi connectivity index (χ3v) is 5.09. The molecule has 1 aromatic heterocycles. The highest BCUT2D eigenvalue weighted by Crippen LogP contribution is 2.25. The molecule has 0 unspecified atom stereocenters. The van der Waals surface area contributed by atoms with Crippen molar-refractivity contribution in [1.29, 1.82) is 0 Å². The fraction of sp³-hybridized carbons (Fsp3) is 0.476. The fourth-order valence-electron chi connectivity index (χ4n) is 3.12. The highest BCUT2D eigenvalue weighted by molar-refractivity contribution is 5.93. The predicted molar refractivity (Wildman–Crippen MR) is 110 cm³/mol. The number of hydrogen-bond acceptors (Lipinski definition) is 5. The Hall–Kier alpha value is -2.63. The molecule has 2 heterocycles. The first-order valence-electron chi connectivity index (χ1n) is 9.47. The minimum Gasteiger partial charge on any atom is -0.368 e. The zero-order valence-electron chi connectivity index (χ0n) is 16.9. The predicted octanol–water partition coefficient (Wildman–Crippen LogP) is 3.40. The zero-order chi connectivity index (χ0) is 19.6. The van der Waals surface area contributed by atoms with Crippen LogP contribution in [0.3, 0.4) is 0 Å². The lowest BCUT2D eigenvalue weighted by molar-refractivity contribution is -0.123. The number of amides is 1. The number of anilines is 3. The van der Waals surface area contributed by atoms with E-state index in [1.54, 1.807) is 0 Å². The van der Waals surface area contributed by atoms with Crippen molar-refractivity contribution in [2.24, 2.45) is 5.41 Å². The molecule has 1 fully saturated rings. The minimum atomic E-state index is -0.454. The number of piperazine rings is 1. The summed E-state index contributed by atoms with van der Waals surface area (Å²) in [5, 5.41) is 11.3. The first kappa shape index (κ1) is 19.1. The van der Waals surface area contributed by atoms with Gasteiger partial charge in [0.25, 0.3) is 0 Å². The normalized spacial score (nSPS) is 15.0. The molecule has 0 spiro atoms. The number of aryl methyl sites for hydroxylation is 1. The van der Waals surface area contributed by atoms with Crippen molar-refractivity contribution in [2.45, 2.75) is 34.6 Å². The lowest BCUT2D eigenvalue weighted by Gasteiger charge is -2.37.